The quantitative estimate of drug-likeness (QED) is 0.769. The second-order valence-corrected chi connectivity index (χ2v) is 6.38. The van der Waals surface area contributed by atoms with Crippen molar-refractivity contribution in [3.05, 3.63) is 33.0 Å². The van der Waals surface area contributed by atoms with E-state index in [4.69, 9.17) is 5.73 Å². The van der Waals surface area contributed by atoms with Gasteiger partial charge in [-0.25, -0.2) is 0 Å². The van der Waals surface area contributed by atoms with Crippen molar-refractivity contribution < 1.29 is 0 Å². The van der Waals surface area contributed by atoms with Crippen molar-refractivity contribution in [1.29, 1.82) is 0 Å². The van der Waals surface area contributed by atoms with Gasteiger partial charge in [-0.05, 0) is 78.5 Å². The number of hydrogen-bond donors (Lipinski definition) is 2. The summed E-state index contributed by atoms with van der Waals surface area (Å²) in [7, 11) is 0. The van der Waals surface area contributed by atoms with Crippen LogP contribution in [-0.2, 0) is 12.8 Å². The molecule has 2 aromatic rings. The predicted octanol–water partition coefficient (Wildman–Crippen LogP) is 3.22. The average molecular weight is 340 g/mol. The van der Waals surface area contributed by atoms with Gasteiger partial charge in [0.1, 0.15) is 0 Å². The van der Waals surface area contributed by atoms with Crippen LogP contribution < -0.4 is 5.73 Å². The molecule has 0 radical (unpaired) electrons. The maximum absolute atomic E-state index is 6.06. The predicted molar refractivity (Wildman–Crippen MR) is 80.2 cm³/mol. The molecule has 0 fully saturated rings. The Balaban J connectivity index is 2.10. The number of H-pyrrole nitrogens is 1. The summed E-state index contributed by atoms with van der Waals surface area (Å²) in [4.78, 5) is 3.56. The third-order valence-electron chi connectivity index (χ3n) is 3.93. The molecule has 0 saturated heterocycles. The number of rotatable bonds is 1. The molecule has 2 atom stereocenters. The van der Waals surface area contributed by atoms with Crippen molar-refractivity contribution >= 4 is 33.5 Å². The topological polar surface area (TPSA) is 41.8 Å². The molecule has 3 rings (SSSR count). The summed E-state index contributed by atoms with van der Waals surface area (Å²) in [6.45, 7) is 2.13. The van der Waals surface area contributed by atoms with Gasteiger partial charge >= 0.3 is 0 Å². The summed E-state index contributed by atoms with van der Waals surface area (Å²) >= 11 is 2.38. The van der Waals surface area contributed by atoms with Gasteiger partial charge in [-0.2, -0.15) is 0 Å². The largest absolute Gasteiger partial charge is 0.358 e. The molecule has 17 heavy (non-hydrogen) atoms. The van der Waals surface area contributed by atoms with Gasteiger partial charge in [0.15, 0.2) is 0 Å². The molecule has 1 aromatic heterocycles. The van der Waals surface area contributed by atoms with E-state index >= 15 is 0 Å². The third-order valence-corrected chi connectivity index (χ3v) is 4.60. The van der Waals surface area contributed by atoms with Crippen LogP contribution >= 0.6 is 22.6 Å². The summed E-state index contributed by atoms with van der Waals surface area (Å²) in [5.74, 6) is 0.638. The molecule has 3 heteroatoms. The number of aromatic amines is 1. The Kier molecular flexibility index (Phi) is 2.91. The molecule has 3 N–H and O–H groups in total. The summed E-state index contributed by atoms with van der Waals surface area (Å²) in [6, 6.07) is 6.94. The number of aromatic nitrogens is 1. The second-order valence-electron chi connectivity index (χ2n) is 5.13. The maximum Gasteiger partial charge on any atom is 0.0459 e. The van der Waals surface area contributed by atoms with E-state index in [0.717, 1.165) is 12.8 Å². The zero-order valence-electron chi connectivity index (χ0n) is 9.96. The zero-order valence-corrected chi connectivity index (χ0v) is 12.1. The molecule has 0 spiro atoms. The van der Waals surface area contributed by atoms with Crippen LogP contribution in [0.25, 0.3) is 10.9 Å². The van der Waals surface area contributed by atoms with Gasteiger partial charge < -0.3 is 10.7 Å². The van der Waals surface area contributed by atoms with Crippen LogP contribution in [0.4, 0.5) is 0 Å². The standard InChI is InChI=1S/C14H17IN2/c1-8(16)9-2-4-13-11(6-9)12-7-10(15)3-5-14(12)17-13/h3,5,7-9,17H,2,4,6,16H2,1H3. The Labute approximate surface area is 115 Å². The number of hydrogen-bond acceptors (Lipinski definition) is 1. The monoisotopic (exact) mass is 340 g/mol. The number of aryl methyl sites for hydroxylation is 1. The van der Waals surface area contributed by atoms with Crippen LogP contribution in [0.5, 0.6) is 0 Å². The highest BCUT2D eigenvalue weighted by Gasteiger charge is 2.24. The average Bonchev–Trinajstić information content (AvgIpc) is 2.66. The van der Waals surface area contributed by atoms with E-state index in [0.29, 0.717) is 12.0 Å². The first kappa shape index (κ1) is 11.5. The fraction of sp³-hybridized carbons (Fsp3) is 0.429. The lowest BCUT2D eigenvalue weighted by atomic mass is 9.83. The van der Waals surface area contributed by atoms with E-state index in [1.165, 1.54) is 32.2 Å². The highest BCUT2D eigenvalue weighted by Crippen LogP contribution is 2.33. The number of fused-ring (bicyclic) bond motifs is 3. The van der Waals surface area contributed by atoms with E-state index in [-0.39, 0.29) is 0 Å². The van der Waals surface area contributed by atoms with Crippen molar-refractivity contribution in [3.63, 3.8) is 0 Å². The minimum atomic E-state index is 0.302. The van der Waals surface area contributed by atoms with Gasteiger partial charge in [0.25, 0.3) is 0 Å². The Morgan fingerprint density at radius 3 is 3.06 bits per heavy atom. The molecule has 0 bridgehead atoms. The van der Waals surface area contributed by atoms with E-state index in [2.05, 4.69) is 52.7 Å². The van der Waals surface area contributed by atoms with Crippen LogP contribution in [0.3, 0.4) is 0 Å². The maximum atomic E-state index is 6.06. The van der Waals surface area contributed by atoms with Crippen LogP contribution in [0.1, 0.15) is 24.6 Å². The van der Waals surface area contributed by atoms with Gasteiger partial charge in [0.05, 0.1) is 0 Å². The first-order valence-corrected chi connectivity index (χ1v) is 7.27. The van der Waals surface area contributed by atoms with E-state index in [9.17, 15) is 0 Å². The number of nitrogens with two attached hydrogens (primary N) is 1. The van der Waals surface area contributed by atoms with Gasteiger partial charge in [0, 0.05) is 26.2 Å². The lowest BCUT2D eigenvalue weighted by molar-refractivity contribution is 0.393. The molecule has 1 heterocycles. The Hall–Kier alpha value is -0.550. The second kappa shape index (κ2) is 4.28. The highest BCUT2D eigenvalue weighted by molar-refractivity contribution is 14.1. The molecule has 0 amide bonds. The number of benzene rings is 1. The van der Waals surface area contributed by atoms with E-state index in [1.807, 2.05) is 0 Å². The van der Waals surface area contributed by atoms with Crippen molar-refractivity contribution in [3.8, 4) is 0 Å². The molecular weight excluding hydrogens is 323 g/mol. The summed E-state index contributed by atoms with van der Waals surface area (Å²) in [5, 5.41) is 1.40. The SMILES string of the molecule is CC(N)C1CCc2[nH]c3ccc(I)cc3c2C1. The molecule has 0 saturated carbocycles. The Morgan fingerprint density at radius 1 is 1.47 bits per heavy atom. The molecule has 1 aromatic carbocycles. The minimum absolute atomic E-state index is 0.302. The summed E-state index contributed by atoms with van der Waals surface area (Å²) in [5.41, 5.74) is 10.3. The van der Waals surface area contributed by atoms with Gasteiger partial charge in [-0.15, -0.1) is 0 Å². The fourth-order valence-corrected chi connectivity index (χ4v) is 3.36. The minimum Gasteiger partial charge on any atom is -0.358 e. The van der Waals surface area contributed by atoms with Gasteiger partial charge in [-0.3, -0.25) is 0 Å². The van der Waals surface area contributed by atoms with Crippen LogP contribution in [0.2, 0.25) is 0 Å². The number of nitrogens with one attached hydrogen (secondary N) is 1. The zero-order chi connectivity index (χ0) is 12.0. The first-order chi connectivity index (χ1) is 8.15. The molecular formula is C14H17IN2. The lowest BCUT2D eigenvalue weighted by Crippen LogP contribution is -2.31. The van der Waals surface area contributed by atoms with Crippen molar-refractivity contribution in [1.82, 2.24) is 4.98 Å². The van der Waals surface area contributed by atoms with Crippen molar-refractivity contribution in [2.24, 2.45) is 11.7 Å². The number of halogens is 1. The Morgan fingerprint density at radius 2 is 2.29 bits per heavy atom. The van der Waals surface area contributed by atoms with Crippen molar-refractivity contribution in [2.45, 2.75) is 32.2 Å². The smallest absolute Gasteiger partial charge is 0.0459 e. The normalized spacial score (nSPS) is 21.5. The van der Waals surface area contributed by atoms with Crippen LogP contribution in [0, 0.1) is 9.49 Å². The lowest BCUT2D eigenvalue weighted by Gasteiger charge is -2.25. The van der Waals surface area contributed by atoms with E-state index < -0.39 is 0 Å². The molecule has 2 nitrogen and oxygen atoms in total. The molecule has 2 unspecified atom stereocenters. The first-order valence-electron chi connectivity index (χ1n) is 6.19. The molecule has 90 valence electrons. The summed E-state index contributed by atoms with van der Waals surface area (Å²) in [6.07, 6.45) is 3.49. The van der Waals surface area contributed by atoms with Crippen LogP contribution in [0.15, 0.2) is 18.2 Å². The van der Waals surface area contributed by atoms with E-state index in [1.54, 1.807) is 0 Å². The van der Waals surface area contributed by atoms with Gasteiger partial charge in [-0.1, -0.05) is 0 Å². The fourth-order valence-electron chi connectivity index (χ4n) is 2.87. The third kappa shape index (κ3) is 1.99. The van der Waals surface area contributed by atoms with Gasteiger partial charge in [0.2, 0.25) is 0 Å². The summed E-state index contributed by atoms with van der Waals surface area (Å²) < 4.78 is 1.31. The molecule has 1 aliphatic rings. The van der Waals surface area contributed by atoms with Crippen molar-refractivity contribution in [2.75, 3.05) is 0 Å². The van der Waals surface area contributed by atoms with Crippen LogP contribution in [-0.4, -0.2) is 11.0 Å². The Bertz CT molecular complexity index is 557. The molecule has 0 aliphatic heterocycles. The molecule has 1 aliphatic carbocycles. The highest BCUT2D eigenvalue weighted by atomic mass is 127.